The summed E-state index contributed by atoms with van der Waals surface area (Å²) in [4.78, 5) is 2.39. The van der Waals surface area contributed by atoms with E-state index in [0.29, 0.717) is 0 Å². The molecule has 1 aromatic heterocycles. The first-order valence-electron chi connectivity index (χ1n) is 6.65. The molecule has 0 radical (unpaired) electrons. The lowest BCUT2D eigenvalue weighted by Gasteiger charge is -2.22. The molecule has 0 saturated heterocycles. The van der Waals surface area contributed by atoms with Gasteiger partial charge < -0.3 is 9.84 Å². The minimum absolute atomic E-state index is 0.734. The monoisotopic (exact) mass is 237 g/mol. The number of nitrogens with zero attached hydrogens (tertiary/aromatic N) is 2. The fourth-order valence-corrected chi connectivity index (χ4v) is 2.49. The van der Waals surface area contributed by atoms with Crippen LogP contribution < -0.4 is 5.32 Å². The first-order chi connectivity index (χ1) is 8.29. The number of hydrogen-bond acceptors (Lipinski definition) is 4. The zero-order valence-electron chi connectivity index (χ0n) is 10.9. The van der Waals surface area contributed by atoms with Crippen molar-refractivity contribution in [1.29, 1.82) is 0 Å². The van der Waals surface area contributed by atoms with Crippen molar-refractivity contribution in [1.82, 2.24) is 15.4 Å². The van der Waals surface area contributed by atoms with Crippen molar-refractivity contribution >= 4 is 0 Å². The van der Waals surface area contributed by atoms with Gasteiger partial charge in [0, 0.05) is 18.7 Å². The third-order valence-corrected chi connectivity index (χ3v) is 3.52. The topological polar surface area (TPSA) is 41.3 Å². The lowest BCUT2D eigenvalue weighted by Crippen LogP contribution is -2.28. The van der Waals surface area contributed by atoms with E-state index in [1.165, 1.54) is 25.7 Å². The quantitative estimate of drug-likeness (QED) is 0.823. The van der Waals surface area contributed by atoms with Gasteiger partial charge in [-0.3, -0.25) is 4.90 Å². The molecule has 1 aliphatic carbocycles. The van der Waals surface area contributed by atoms with Crippen LogP contribution >= 0.6 is 0 Å². The third-order valence-electron chi connectivity index (χ3n) is 3.52. The molecule has 0 aromatic carbocycles. The van der Waals surface area contributed by atoms with Gasteiger partial charge in [-0.1, -0.05) is 24.9 Å². The van der Waals surface area contributed by atoms with Crippen molar-refractivity contribution in [3.8, 4) is 0 Å². The van der Waals surface area contributed by atoms with Crippen LogP contribution in [0.25, 0.3) is 0 Å². The summed E-state index contributed by atoms with van der Waals surface area (Å²) in [6.07, 6.45) is 5.40. The Balaban J connectivity index is 1.83. The van der Waals surface area contributed by atoms with Gasteiger partial charge in [-0.25, -0.2) is 0 Å². The first-order valence-corrected chi connectivity index (χ1v) is 6.65. The normalized spacial score (nSPS) is 17.1. The van der Waals surface area contributed by atoms with E-state index < -0.39 is 0 Å². The summed E-state index contributed by atoms with van der Waals surface area (Å²) in [7, 11) is 2.18. The van der Waals surface area contributed by atoms with Gasteiger partial charge in [0.15, 0.2) is 5.76 Å². The van der Waals surface area contributed by atoms with Crippen molar-refractivity contribution in [2.45, 2.75) is 51.7 Å². The molecule has 1 saturated carbocycles. The lowest BCUT2D eigenvalue weighted by molar-refractivity contribution is 0.209. The fourth-order valence-electron chi connectivity index (χ4n) is 2.49. The van der Waals surface area contributed by atoms with E-state index in [2.05, 4.69) is 35.4 Å². The SMILES string of the molecule is CCNCc1cc(CN(C)C2CCCC2)on1. The summed E-state index contributed by atoms with van der Waals surface area (Å²) in [6.45, 7) is 4.73. The van der Waals surface area contributed by atoms with Gasteiger partial charge in [0.25, 0.3) is 0 Å². The number of nitrogens with one attached hydrogen (secondary N) is 1. The van der Waals surface area contributed by atoms with Crippen molar-refractivity contribution in [2.24, 2.45) is 0 Å². The molecule has 96 valence electrons. The van der Waals surface area contributed by atoms with Crippen molar-refractivity contribution in [3.63, 3.8) is 0 Å². The minimum Gasteiger partial charge on any atom is -0.360 e. The second-order valence-electron chi connectivity index (χ2n) is 4.92. The Morgan fingerprint density at radius 3 is 2.94 bits per heavy atom. The average Bonchev–Trinajstić information content (AvgIpc) is 2.97. The van der Waals surface area contributed by atoms with Gasteiger partial charge in [-0.2, -0.15) is 0 Å². The Morgan fingerprint density at radius 1 is 1.47 bits per heavy atom. The van der Waals surface area contributed by atoms with Crippen molar-refractivity contribution in [2.75, 3.05) is 13.6 Å². The van der Waals surface area contributed by atoms with Crippen molar-refractivity contribution in [3.05, 3.63) is 17.5 Å². The van der Waals surface area contributed by atoms with Crippen LogP contribution in [-0.4, -0.2) is 29.7 Å². The van der Waals surface area contributed by atoms with E-state index in [0.717, 1.165) is 37.1 Å². The zero-order valence-corrected chi connectivity index (χ0v) is 10.9. The molecule has 1 fully saturated rings. The van der Waals surface area contributed by atoms with Gasteiger partial charge in [0.05, 0.1) is 12.2 Å². The van der Waals surface area contributed by atoms with Crippen LogP contribution in [0.4, 0.5) is 0 Å². The zero-order chi connectivity index (χ0) is 12.1. The molecule has 1 N–H and O–H groups in total. The summed E-state index contributed by atoms with van der Waals surface area (Å²) in [6, 6.07) is 2.80. The molecule has 0 aliphatic heterocycles. The Labute approximate surface area is 103 Å². The van der Waals surface area contributed by atoms with Crippen LogP contribution in [0.3, 0.4) is 0 Å². The maximum Gasteiger partial charge on any atom is 0.151 e. The lowest BCUT2D eigenvalue weighted by atomic mass is 10.2. The van der Waals surface area contributed by atoms with Gasteiger partial charge in [-0.05, 0) is 26.4 Å². The second kappa shape index (κ2) is 6.17. The molecule has 0 atom stereocenters. The van der Waals surface area contributed by atoms with Crippen LogP contribution in [0.15, 0.2) is 10.6 Å². The Hall–Kier alpha value is -0.870. The van der Waals surface area contributed by atoms with Gasteiger partial charge in [-0.15, -0.1) is 0 Å². The fraction of sp³-hybridized carbons (Fsp3) is 0.769. The Morgan fingerprint density at radius 2 is 2.24 bits per heavy atom. The van der Waals surface area contributed by atoms with E-state index in [4.69, 9.17) is 4.52 Å². The molecule has 4 heteroatoms. The number of hydrogen-bond donors (Lipinski definition) is 1. The Bertz CT molecular complexity index is 331. The maximum absolute atomic E-state index is 5.36. The molecule has 4 nitrogen and oxygen atoms in total. The smallest absolute Gasteiger partial charge is 0.151 e. The van der Waals surface area contributed by atoms with E-state index in [-0.39, 0.29) is 0 Å². The molecule has 0 unspecified atom stereocenters. The van der Waals surface area contributed by atoms with Gasteiger partial charge >= 0.3 is 0 Å². The summed E-state index contributed by atoms with van der Waals surface area (Å²) < 4.78 is 5.36. The molecule has 17 heavy (non-hydrogen) atoms. The average molecular weight is 237 g/mol. The highest BCUT2D eigenvalue weighted by molar-refractivity contribution is 5.05. The molecule has 0 bridgehead atoms. The van der Waals surface area contributed by atoms with Crippen molar-refractivity contribution < 1.29 is 4.52 Å². The van der Waals surface area contributed by atoms with Crippen LogP contribution in [0.5, 0.6) is 0 Å². The van der Waals surface area contributed by atoms with E-state index in [1.807, 2.05) is 0 Å². The highest BCUT2D eigenvalue weighted by Gasteiger charge is 2.20. The summed E-state index contributed by atoms with van der Waals surface area (Å²) >= 11 is 0. The standard InChI is InChI=1S/C13H23N3O/c1-3-14-9-11-8-13(17-15-11)10-16(2)12-6-4-5-7-12/h8,12,14H,3-7,9-10H2,1-2H3. The molecule has 1 heterocycles. The molecule has 1 aromatic rings. The summed E-state index contributed by atoms with van der Waals surface area (Å²) in [5.41, 5.74) is 1.00. The van der Waals surface area contributed by atoms with E-state index in [9.17, 15) is 0 Å². The highest BCUT2D eigenvalue weighted by atomic mass is 16.5. The third kappa shape index (κ3) is 3.54. The summed E-state index contributed by atoms with van der Waals surface area (Å²) in [5.74, 6) is 0.979. The molecule has 0 spiro atoms. The second-order valence-corrected chi connectivity index (χ2v) is 4.92. The minimum atomic E-state index is 0.734. The Kier molecular flexibility index (Phi) is 4.57. The molecular formula is C13H23N3O. The van der Waals surface area contributed by atoms with E-state index in [1.54, 1.807) is 0 Å². The number of rotatable bonds is 6. The van der Waals surface area contributed by atoms with Gasteiger partial charge in [0.2, 0.25) is 0 Å². The van der Waals surface area contributed by atoms with Crippen LogP contribution in [0, 0.1) is 0 Å². The number of aromatic nitrogens is 1. The first kappa shape index (κ1) is 12.6. The molecule has 0 amide bonds. The largest absolute Gasteiger partial charge is 0.360 e. The molecule has 1 aliphatic rings. The van der Waals surface area contributed by atoms with Gasteiger partial charge in [0.1, 0.15) is 0 Å². The maximum atomic E-state index is 5.36. The molecular weight excluding hydrogens is 214 g/mol. The predicted octanol–water partition coefficient (Wildman–Crippen LogP) is 2.16. The summed E-state index contributed by atoms with van der Waals surface area (Å²) in [5, 5.41) is 7.32. The van der Waals surface area contributed by atoms with E-state index >= 15 is 0 Å². The predicted molar refractivity (Wildman–Crippen MR) is 67.6 cm³/mol. The molecule has 2 rings (SSSR count). The van der Waals surface area contributed by atoms with Crippen LogP contribution in [0.1, 0.15) is 44.1 Å². The van der Waals surface area contributed by atoms with Crippen LogP contribution in [0.2, 0.25) is 0 Å². The highest BCUT2D eigenvalue weighted by Crippen LogP contribution is 2.23. The van der Waals surface area contributed by atoms with Crippen LogP contribution in [-0.2, 0) is 13.1 Å².